The number of halogens is 1. The molecule has 0 aliphatic carbocycles. The molecule has 0 saturated carbocycles. The molecule has 1 saturated heterocycles. The van der Waals surface area contributed by atoms with Gasteiger partial charge in [0.15, 0.2) is 0 Å². The van der Waals surface area contributed by atoms with Gasteiger partial charge in [0, 0.05) is 31.3 Å². The topological polar surface area (TPSA) is 106 Å². The van der Waals surface area contributed by atoms with Crippen molar-refractivity contribution in [3.05, 3.63) is 29.8 Å². The molecule has 2 heterocycles. The number of likely N-dealkylation sites (tertiary alicyclic amines) is 1. The van der Waals surface area contributed by atoms with Gasteiger partial charge in [0.2, 0.25) is 11.9 Å². The van der Waals surface area contributed by atoms with Crippen LogP contribution in [0.25, 0.3) is 0 Å². The standard InChI is InChI=1S/C16H20FN3O4/c1-18-14(22)7-11-15(23)16(24)12(9-21)20(11)6-2-3-10-4-5-13(17)19-8-10/h4-5,8,11-12,15-16,21,23-24H,6-7,9H2,1H3,(H,18,22). The Labute approximate surface area is 139 Å². The summed E-state index contributed by atoms with van der Waals surface area (Å²) in [6, 6.07) is 1.31. The first-order valence-corrected chi connectivity index (χ1v) is 7.51. The van der Waals surface area contributed by atoms with Crippen molar-refractivity contribution in [2.24, 2.45) is 0 Å². The van der Waals surface area contributed by atoms with Crippen LogP contribution in [0.4, 0.5) is 4.39 Å². The zero-order chi connectivity index (χ0) is 17.7. The molecule has 24 heavy (non-hydrogen) atoms. The lowest BCUT2D eigenvalue weighted by molar-refractivity contribution is -0.122. The Kier molecular flexibility index (Phi) is 6.23. The van der Waals surface area contributed by atoms with E-state index in [2.05, 4.69) is 22.1 Å². The summed E-state index contributed by atoms with van der Waals surface area (Å²) in [6.45, 7) is -0.249. The molecule has 0 bridgehead atoms. The Bertz CT molecular complexity index is 628. The zero-order valence-electron chi connectivity index (χ0n) is 13.2. The van der Waals surface area contributed by atoms with E-state index in [0.29, 0.717) is 5.56 Å². The van der Waals surface area contributed by atoms with Crippen molar-refractivity contribution in [3.63, 3.8) is 0 Å². The molecule has 1 aromatic heterocycles. The van der Waals surface area contributed by atoms with Crippen molar-refractivity contribution in [2.45, 2.75) is 30.7 Å². The lowest BCUT2D eigenvalue weighted by Crippen LogP contribution is -2.43. The smallest absolute Gasteiger partial charge is 0.221 e. The van der Waals surface area contributed by atoms with Gasteiger partial charge >= 0.3 is 0 Å². The first kappa shape index (κ1) is 18.3. The maximum Gasteiger partial charge on any atom is 0.221 e. The summed E-state index contributed by atoms with van der Waals surface area (Å²) in [5.41, 5.74) is 0.514. The third-order valence-corrected chi connectivity index (χ3v) is 4.07. The molecule has 1 fully saturated rings. The molecular weight excluding hydrogens is 317 g/mol. The number of amides is 1. The Hall–Kier alpha value is -2.05. The molecule has 8 heteroatoms. The van der Waals surface area contributed by atoms with Gasteiger partial charge in [-0.2, -0.15) is 4.39 Å². The Morgan fingerprint density at radius 2 is 2.08 bits per heavy atom. The fraction of sp³-hybridized carbons (Fsp3) is 0.500. The lowest BCUT2D eigenvalue weighted by atomic mass is 10.1. The van der Waals surface area contributed by atoms with Crippen molar-refractivity contribution < 1.29 is 24.5 Å². The minimum absolute atomic E-state index is 0.0228. The average Bonchev–Trinajstić information content (AvgIpc) is 2.80. The predicted molar refractivity (Wildman–Crippen MR) is 83.1 cm³/mol. The number of nitrogens with zero attached hydrogens (tertiary/aromatic N) is 2. The van der Waals surface area contributed by atoms with Crippen molar-refractivity contribution in [1.82, 2.24) is 15.2 Å². The molecule has 130 valence electrons. The molecule has 2 rings (SSSR count). The molecule has 1 amide bonds. The average molecular weight is 337 g/mol. The highest BCUT2D eigenvalue weighted by atomic mass is 19.1. The molecule has 4 atom stereocenters. The molecule has 7 nitrogen and oxygen atoms in total. The number of pyridine rings is 1. The molecule has 1 aliphatic rings. The van der Waals surface area contributed by atoms with Crippen LogP contribution in [0.3, 0.4) is 0 Å². The number of rotatable bonds is 4. The Morgan fingerprint density at radius 3 is 2.67 bits per heavy atom. The van der Waals surface area contributed by atoms with Crippen LogP contribution in [-0.4, -0.2) is 75.6 Å². The maximum atomic E-state index is 12.8. The van der Waals surface area contributed by atoms with E-state index in [-0.39, 0.29) is 25.5 Å². The SMILES string of the molecule is CNC(=O)CC1C(O)C(O)C(CO)N1CC#Cc1ccc(F)nc1. The van der Waals surface area contributed by atoms with E-state index < -0.39 is 30.2 Å². The van der Waals surface area contributed by atoms with Crippen LogP contribution >= 0.6 is 0 Å². The lowest BCUT2D eigenvalue weighted by Gasteiger charge is -2.27. The quantitative estimate of drug-likeness (QED) is 0.393. The van der Waals surface area contributed by atoms with Crippen molar-refractivity contribution in [2.75, 3.05) is 20.2 Å². The van der Waals surface area contributed by atoms with Crippen LogP contribution in [0.5, 0.6) is 0 Å². The van der Waals surface area contributed by atoms with Gasteiger partial charge in [-0.25, -0.2) is 4.98 Å². The van der Waals surface area contributed by atoms with Gasteiger partial charge in [0.1, 0.15) is 0 Å². The van der Waals surface area contributed by atoms with Crippen LogP contribution in [0, 0.1) is 17.8 Å². The van der Waals surface area contributed by atoms with Crippen molar-refractivity contribution in [3.8, 4) is 11.8 Å². The van der Waals surface area contributed by atoms with E-state index in [9.17, 15) is 24.5 Å². The number of aliphatic hydroxyl groups excluding tert-OH is 3. The molecule has 0 aromatic carbocycles. The first-order valence-electron chi connectivity index (χ1n) is 7.51. The highest BCUT2D eigenvalue weighted by molar-refractivity contribution is 5.76. The fourth-order valence-corrected chi connectivity index (χ4v) is 2.75. The second kappa shape index (κ2) is 8.17. The van der Waals surface area contributed by atoms with Gasteiger partial charge in [-0.1, -0.05) is 11.8 Å². The molecular formula is C16H20FN3O4. The van der Waals surface area contributed by atoms with Gasteiger partial charge in [-0.3, -0.25) is 9.69 Å². The second-order valence-corrected chi connectivity index (χ2v) is 5.52. The highest BCUT2D eigenvalue weighted by Gasteiger charge is 2.47. The van der Waals surface area contributed by atoms with Gasteiger partial charge < -0.3 is 20.6 Å². The number of carbonyl (C=O) groups excluding carboxylic acids is 1. The van der Waals surface area contributed by atoms with E-state index in [1.165, 1.54) is 25.4 Å². The number of hydrogen-bond acceptors (Lipinski definition) is 6. The summed E-state index contributed by atoms with van der Waals surface area (Å²) in [5.74, 6) is 4.75. The van der Waals surface area contributed by atoms with E-state index in [1.54, 1.807) is 4.90 Å². The molecule has 4 N–H and O–H groups in total. The van der Waals surface area contributed by atoms with Gasteiger partial charge in [0.05, 0.1) is 31.4 Å². The number of hydrogen-bond donors (Lipinski definition) is 4. The summed E-state index contributed by atoms with van der Waals surface area (Å²) in [4.78, 5) is 16.7. The summed E-state index contributed by atoms with van der Waals surface area (Å²) in [7, 11) is 1.48. The Morgan fingerprint density at radius 1 is 1.38 bits per heavy atom. The Balaban J connectivity index is 2.14. The first-order chi connectivity index (χ1) is 11.5. The monoisotopic (exact) mass is 337 g/mol. The van der Waals surface area contributed by atoms with E-state index in [1.807, 2.05) is 0 Å². The predicted octanol–water partition coefficient (Wildman–Crippen LogP) is -1.52. The third-order valence-electron chi connectivity index (χ3n) is 4.07. The van der Waals surface area contributed by atoms with E-state index in [0.717, 1.165) is 0 Å². The summed E-state index contributed by atoms with van der Waals surface area (Å²) in [5, 5.41) is 32.1. The van der Waals surface area contributed by atoms with Crippen LogP contribution in [0.15, 0.2) is 18.3 Å². The zero-order valence-corrected chi connectivity index (χ0v) is 13.2. The van der Waals surface area contributed by atoms with Crippen LogP contribution in [0.1, 0.15) is 12.0 Å². The minimum atomic E-state index is -1.17. The third kappa shape index (κ3) is 4.07. The minimum Gasteiger partial charge on any atom is -0.395 e. The fourth-order valence-electron chi connectivity index (χ4n) is 2.75. The summed E-state index contributed by atoms with van der Waals surface area (Å²) in [6.07, 6.45) is -1.06. The number of aromatic nitrogens is 1. The second-order valence-electron chi connectivity index (χ2n) is 5.52. The summed E-state index contributed by atoms with van der Waals surface area (Å²) < 4.78 is 12.8. The largest absolute Gasteiger partial charge is 0.395 e. The molecule has 4 unspecified atom stereocenters. The molecule has 0 spiro atoms. The van der Waals surface area contributed by atoms with Gasteiger partial charge in [0.25, 0.3) is 0 Å². The van der Waals surface area contributed by atoms with Crippen LogP contribution in [0.2, 0.25) is 0 Å². The maximum absolute atomic E-state index is 12.8. The number of carbonyl (C=O) groups is 1. The summed E-state index contributed by atoms with van der Waals surface area (Å²) >= 11 is 0. The number of aliphatic hydroxyl groups is 3. The molecule has 0 radical (unpaired) electrons. The van der Waals surface area contributed by atoms with Gasteiger partial charge in [-0.15, -0.1) is 0 Å². The van der Waals surface area contributed by atoms with E-state index in [4.69, 9.17) is 0 Å². The van der Waals surface area contributed by atoms with Crippen molar-refractivity contribution in [1.29, 1.82) is 0 Å². The van der Waals surface area contributed by atoms with Gasteiger partial charge in [-0.05, 0) is 12.1 Å². The normalized spacial score (nSPS) is 26.7. The molecule has 1 aromatic rings. The van der Waals surface area contributed by atoms with Crippen molar-refractivity contribution >= 4 is 5.91 Å². The number of nitrogens with one attached hydrogen (secondary N) is 1. The van der Waals surface area contributed by atoms with Crippen LogP contribution in [-0.2, 0) is 4.79 Å². The van der Waals surface area contributed by atoms with Crippen LogP contribution < -0.4 is 5.32 Å². The highest BCUT2D eigenvalue weighted by Crippen LogP contribution is 2.27. The van der Waals surface area contributed by atoms with E-state index >= 15 is 0 Å². The molecule has 1 aliphatic heterocycles.